The van der Waals surface area contributed by atoms with Gasteiger partial charge in [0.05, 0.1) is 17.4 Å². The molecule has 0 saturated heterocycles. The van der Waals surface area contributed by atoms with Crippen LogP contribution in [0.15, 0.2) is 23.6 Å². The molecule has 2 rings (SSSR count). The van der Waals surface area contributed by atoms with Crippen molar-refractivity contribution >= 4 is 22.4 Å². The second kappa shape index (κ2) is 5.38. The Bertz CT molecular complexity index is 608. The fourth-order valence-electron chi connectivity index (χ4n) is 1.53. The van der Waals surface area contributed by atoms with Crippen molar-refractivity contribution in [3.8, 4) is 5.75 Å². The molecule has 100 valence electrons. The van der Waals surface area contributed by atoms with E-state index < -0.39 is 12.0 Å². The monoisotopic (exact) mass is 278 g/mol. The second-order valence-corrected chi connectivity index (χ2v) is 5.09. The number of thiazole rings is 1. The third kappa shape index (κ3) is 3.10. The van der Waals surface area contributed by atoms with E-state index in [0.717, 1.165) is 5.56 Å². The Balaban J connectivity index is 2.16. The number of aromatic nitrogens is 1. The van der Waals surface area contributed by atoms with Gasteiger partial charge in [-0.25, -0.2) is 4.98 Å². The van der Waals surface area contributed by atoms with Crippen LogP contribution in [0, 0.1) is 6.92 Å². The lowest BCUT2D eigenvalue weighted by Gasteiger charge is -2.05. The zero-order valence-electron chi connectivity index (χ0n) is 10.5. The van der Waals surface area contributed by atoms with Crippen LogP contribution in [0.2, 0.25) is 0 Å². The van der Waals surface area contributed by atoms with Gasteiger partial charge in [0.2, 0.25) is 0 Å². The number of phenols is 1. The molecular weight excluding hydrogens is 264 g/mol. The number of hydrogen-bond acceptors (Lipinski definition) is 5. The first-order chi connectivity index (χ1) is 8.97. The summed E-state index contributed by atoms with van der Waals surface area (Å²) in [6.07, 6.45) is -0.672. The van der Waals surface area contributed by atoms with Crippen LogP contribution in [0.4, 0.5) is 5.13 Å². The molecule has 1 heterocycles. The first kappa shape index (κ1) is 13.5. The van der Waals surface area contributed by atoms with Crippen molar-refractivity contribution < 1.29 is 15.0 Å². The molecule has 19 heavy (non-hydrogen) atoms. The minimum Gasteiger partial charge on any atom is -0.507 e. The second-order valence-electron chi connectivity index (χ2n) is 4.23. The molecule has 0 aliphatic rings. The molecule has 0 bridgehead atoms. The van der Waals surface area contributed by atoms with E-state index in [0.29, 0.717) is 10.8 Å². The fraction of sp³-hybridized carbons (Fsp3) is 0.231. The maximum absolute atomic E-state index is 12.0. The molecule has 3 N–H and O–H groups in total. The predicted octanol–water partition coefficient (Wildman–Crippen LogP) is 2.46. The quantitative estimate of drug-likeness (QED) is 0.805. The molecule has 0 spiro atoms. The lowest BCUT2D eigenvalue weighted by molar-refractivity contribution is 0.102. The van der Waals surface area contributed by atoms with E-state index in [2.05, 4.69) is 10.3 Å². The SMILES string of the molecule is Cc1ccc(C(=O)Nc2nc(C(C)O)cs2)c(O)c1. The highest BCUT2D eigenvalue weighted by atomic mass is 32.1. The van der Waals surface area contributed by atoms with Gasteiger partial charge in [-0.05, 0) is 31.5 Å². The van der Waals surface area contributed by atoms with Crippen molar-refractivity contribution in [3.63, 3.8) is 0 Å². The highest BCUT2D eigenvalue weighted by molar-refractivity contribution is 7.14. The lowest BCUT2D eigenvalue weighted by atomic mass is 10.1. The Labute approximate surface area is 114 Å². The van der Waals surface area contributed by atoms with Crippen molar-refractivity contribution in [1.29, 1.82) is 0 Å². The summed E-state index contributed by atoms with van der Waals surface area (Å²) >= 11 is 1.23. The molecule has 0 aliphatic heterocycles. The van der Waals surface area contributed by atoms with Gasteiger partial charge in [-0.1, -0.05) is 6.07 Å². The molecule has 0 radical (unpaired) electrons. The summed E-state index contributed by atoms with van der Waals surface area (Å²) in [5.41, 5.74) is 1.58. The van der Waals surface area contributed by atoms with Crippen LogP contribution in [0.5, 0.6) is 5.75 Å². The molecule has 6 heteroatoms. The van der Waals surface area contributed by atoms with Crippen LogP contribution < -0.4 is 5.32 Å². The van der Waals surface area contributed by atoms with Gasteiger partial charge in [0.15, 0.2) is 5.13 Å². The lowest BCUT2D eigenvalue weighted by Crippen LogP contribution is -2.12. The van der Waals surface area contributed by atoms with Gasteiger partial charge in [0, 0.05) is 5.38 Å². The van der Waals surface area contributed by atoms with Crippen molar-refractivity contribution in [3.05, 3.63) is 40.4 Å². The first-order valence-electron chi connectivity index (χ1n) is 5.72. The zero-order chi connectivity index (χ0) is 14.0. The summed E-state index contributed by atoms with van der Waals surface area (Å²) in [5, 5.41) is 23.7. The van der Waals surface area contributed by atoms with Gasteiger partial charge in [0.1, 0.15) is 5.75 Å². The number of nitrogens with one attached hydrogen (secondary N) is 1. The summed E-state index contributed by atoms with van der Waals surface area (Å²) in [7, 11) is 0. The Morgan fingerprint density at radius 2 is 2.21 bits per heavy atom. The topological polar surface area (TPSA) is 82.5 Å². The van der Waals surface area contributed by atoms with Crippen LogP contribution in [0.25, 0.3) is 0 Å². The van der Waals surface area contributed by atoms with Crippen LogP contribution in [0.1, 0.15) is 34.6 Å². The number of aliphatic hydroxyl groups is 1. The standard InChI is InChI=1S/C13H14N2O3S/c1-7-3-4-9(11(17)5-7)12(18)15-13-14-10(6-19-13)8(2)16/h3-6,8,16-17H,1-2H3,(H,14,15,18). The first-order valence-corrected chi connectivity index (χ1v) is 6.60. The maximum Gasteiger partial charge on any atom is 0.261 e. The normalized spacial score (nSPS) is 12.2. The molecule has 1 amide bonds. The van der Waals surface area contributed by atoms with Crippen molar-refractivity contribution in [2.24, 2.45) is 0 Å². The Morgan fingerprint density at radius 1 is 1.47 bits per heavy atom. The Hall–Kier alpha value is -1.92. The molecular formula is C13H14N2O3S. The van der Waals surface area contributed by atoms with E-state index in [1.807, 2.05) is 6.92 Å². The number of benzene rings is 1. The number of phenolic OH excluding ortho intramolecular Hbond substituents is 1. The van der Waals surface area contributed by atoms with Crippen molar-refractivity contribution in [2.45, 2.75) is 20.0 Å². The molecule has 2 aromatic rings. The van der Waals surface area contributed by atoms with E-state index in [4.69, 9.17) is 0 Å². The van der Waals surface area contributed by atoms with Gasteiger partial charge in [0.25, 0.3) is 5.91 Å². The van der Waals surface area contributed by atoms with Crippen LogP contribution in [0.3, 0.4) is 0 Å². The highest BCUT2D eigenvalue weighted by Gasteiger charge is 2.14. The average Bonchev–Trinajstić information content (AvgIpc) is 2.77. The van der Waals surface area contributed by atoms with Crippen molar-refractivity contribution in [1.82, 2.24) is 4.98 Å². The smallest absolute Gasteiger partial charge is 0.261 e. The summed E-state index contributed by atoms with van der Waals surface area (Å²) in [6.45, 7) is 3.43. The van der Waals surface area contributed by atoms with E-state index >= 15 is 0 Å². The number of anilines is 1. The number of amides is 1. The molecule has 1 aromatic heterocycles. The van der Waals surface area contributed by atoms with Crippen LogP contribution in [-0.4, -0.2) is 21.1 Å². The van der Waals surface area contributed by atoms with Gasteiger partial charge in [-0.3, -0.25) is 10.1 Å². The number of nitrogens with zero attached hydrogens (tertiary/aromatic N) is 1. The van der Waals surface area contributed by atoms with Gasteiger partial charge < -0.3 is 10.2 Å². The predicted molar refractivity (Wildman–Crippen MR) is 73.5 cm³/mol. The van der Waals surface area contributed by atoms with Crippen LogP contribution >= 0.6 is 11.3 Å². The van der Waals surface area contributed by atoms with Gasteiger partial charge >= 0.3 is 0 Å². The number of aliphatic hydroxyl groups excluding tert-OH is 1. The summed E-state index contributed by atoms with van der Waals surface area (Å²) in [4.78, 5) is 16.0. The van der Waals surface area contributed by atoms with Gasteiger partial charge in [-0.15, -0.1) is 11.3 Å². The van der Waals surface area contributed by atoms with E-state index in [9.17, 15) is 15.0 Å². The molecule has 1 aromatic carbocycles. The van der Waals surface area contributed by atoms with E-state index in [1.165, 1.54) is 17.4 Å². The average molecular weight is 278 g/mol. The largest absolute Gasteiger partial charge is 0.507 e. The maximum atomic E-state index is 12.0. The molecule has 0 saturated carbocycles. The van der Waals surface area contributed by atoms with Crippen LogP contribution in [-0.2, 0) is 0 Å². The summed E-state index contributed by atoms with van der Waals surface area (Å²) in [5.74, 6) is -0.492. The Kier molecular flexibility index (Phi) is 3.82. The molecule has 5 nitrogen and oxygen atoms in total. The van der Waals surface area contributed by atoms with E-state index in [1.54, 1.807) is 24.4 Å². The molecule has 1 atom stereocenters. The zero-order valence-corrected chi connectivity index (χ0v) is 11.4. The number of carbonyl (C=O) groups is 1. The number of carbonyl (C=O) groups excluding carboxylic acids is 1. The minimum absolute atomic E-state index is 0.0650. The van der Waals surface area contributed by atoms with E-state index in [-0.39, 0.29) is 11.3 Å². The third-order valence-corrected chi connectivity index (χ3v) is 3.34. The number of rotatable bonds is 3. The minimum atomic E-state index is -0.672. The molecule has 0 aliphatic carbocycles. The van der Waals surface area contributed by atoms with Crippen molar-refractivity contribution in [2.75, 3.05) is 5.32 Å². The third-order valence-electron chi connectivity index (χ3n) is 2.57. The number of hydrogen-bond donors (Lipinski definition) is 3. The molecule has 0 fully saturated rings. The summed E-state index contributed by atoms with van der Waals surface area (Å²) < 4.78 is 0. The fourth-order valence-corrected chi connectivity index (χ4v) is 2.33. The van der Waals surface area contributed by atoms with Gasteiger partial charge in [-0.2, -0.15) is 0 Å². The molecule has 1 unspecified atom stereocenters. The Morgan fingerprint density at radius 3 is 2.79 bits per heavy atom. The summed E-state index contributed by atoms with van der Waals surface area (Å²) in [6, 6.07) is 4.83. The highest BCUT2D eigenvalue weighted by Crippen LogP contribution is 2.23. The number of aromatic hydroxyl groups is 1. The number of aryl methyl sites for hydroxylation is 1.